The fraction of sp³-hybridized carbons (Fsp3) is 0.600. The van der Waals surface area contributed by atoms with Gasteiger partial charge in [0.2, 0.25) is 0 Å². The number of esters is 1. The normalized spacial score (nSPS) is 14.7. The lowest BCUT2D eigenvalue weighted by Crippen LogP contribution is -2.51. The highest BCUT2D eigenvalue weighted by molar-refractivity contribution is 5.90. The summed E-state index contributed by atoms with van der Waals surface area (Å²) in [5.74, 6) is -9.71. The number of ether oxygens (including phenoxy) is 1. The minimum absolute atomic E-state index is 0.254. The number of carbonyl (C=O) groups excluding carboxylic acids is 1. The molecule has 1 unspecified atom stereocenters. The summed E-state index contributed by atoms with van der Waals surface area (Å²) in [6.45, 7) is 2.02. The first-order valence-corrected chi connectivity index (χ1v) is 4.95. The third kappa shape index (κ3) is 4.84. The van der Waals surface area contributed by atoms with Gasteiger partial charge in [-0.3, -0.25) is 0 Å². The molecule has 4 nitrogen and oxygen atoms in total. The van der Waals surface area contributed by atoms with E-state index in [0.29, 0.717) is 0 Å². The van der Waals surface area contributed by atoms with E-state index < -0.39 is 36.1 Å². The van der Waals surface area contributed by atoms with Crippen molar-refractivity contribution >= 4 is 11.9 Å². The van der Waals surface area contributed by atoms with Gasteiger partial charge in [-0.05, 0) is 5.92 Å². The summed E-state index contributed by atoms with van der Waals surface area (Å²) in [6.07, 6.45) is -8.09. The van der Waals surface area contributed by atoms with E-state index >= 15 is 0 Å². The molecule has 110 valence electrons. The number of carboxylic acids is 1. The number of rotatable bonds is 5. The molecule has 0 bridgehead atoms. The number of hydrogen-bond acceptors (Lipinski definition) is 3. The second kappa shape index (κ2) is 5.98. The Labute approximate surface area is 104 Å². The zero-order valence-electron chi connectivity index (χ0n) is 9.87. The average Bonchev–Trinajstić information content (AvgIpc) is 2.20. The first kappa shape index (κ1) is 17.3. The number of halogens is 5. The van der Waals surface area contributed by atoms with Crippen LogP contribution in [0.3, 0.4) is 0 Å². The van der Waals surface area contributed by atoms with Crippen molar-refractivity contribution in [1.82, 2.24) is 0 Å². The number of aliphatic carboxylic acids is 1. The van der Waals surface area contributed by atoms with Crippen LogP contribution in [0.2, 0.25) is 0 Å². The second-order valence-electron chi connectivity index (χ2n) is 3.89. The van der Waals surface area contributed by atoms with Gasteiger partial charge in [0.1, 0.15) is 0 Å². The molecule has 1 atom stereocenters. The van der Waals surface area contributed by atoms with Crippen LogP contribution < -0.4 is 0 Å². The summed E-state index contributed by atoms with van der Waals surface area (Å²) in [5, 5.41) is 8.17. The topological polar surface area (TPSA) is 63.6 Å². The van der Waals surface area contributed by atoms with Crippen LogP contribution in [0.1, 0.15) is 13.8 Å². The van der Waals surface area contributed by atoms with Crippen molar-refractivity contribution < 1.29 is 41.4 Å². The third-order valence-corrected chi connectivity index (χ3v) is 1.95. The van der Waals surface area contributed by atoms with E-state index in [4.69, 9.17) is 5.11 Å². The van der Waals surface area contributed by atoms with E-state index in [9.17, 15) is 31.5 Å². The van der Waals surface area contributed by atoms with Crippen molar-refractivity contribution in [3.63, 3.8) is 0 Å². The average molecular weight is 290 g/mol. The maximum absolute atomic E-state index is 13.1. The maximum Gasteiger partial charge on any atom is 0.457 e. The van der Waals surface area contributed by atoms with Crippen LogP contribution in [0.5, 0.6) is 0 Å². The molecule has 0 radical (unpaired) electrons. The van der Waals surface area contributed by atoms with Gasteiger partial charge in [0.05, 0.1) is 0 Å². The zero-order chi connectivity index (χ0) is 15.4. The molecule has 9 heteroatoms. The lowest BCUT2D eigenvalue weighted by atomic mass is 10.0. The van der Waals surface area contributed by atoms with E-state index in [1.54, 1.807) is 0 Å². The van der Waals surface area contributed by atoms with Gasteiger partial charge in [-0.15, -0.1) is 0 Å². The van der Waals surface area contributed by atoms with Gasteiger partial charge in [-0.2, -0.15) is 22.0 Å². The van der Waals surface area contributed by atoms with Crippen molar-refractivity contribution in [2.45, 2.75) is 32.1 Å². The van der Waals surface area contributed by atoms with Gasteiger partial charge in [0, 0.05) is 12.2 Å². The molecule has 0 aromatic heterocycles. The van der Waals surface area contributed by atoms with Crippen molar-refractivity contribution in [1.29, 1.82) is 0 Å². The van der Waals surface area contributed by atoms with Crippen LogP contribution in [0.25, 0.3) is 0 Å². The van der Waals surface area contributed by atoms with Crippen LogP contribution in [-0.4, -0.2) is 35.2 Å². The Morgan fingerprint density at radius 1 is 1.11 bits per heavy atom. The first-order chi connectivity index (χ1) is 8.39. The van der Waals surface area contributed by atoms with Crippen LogP contribution in [0, 0.1) is 5.92 Å². The highest BCUT2D eigenvalue weighted by Gasteiger charge is 2.64. The Bertz CT molecular complexity index is 373. The van der Waals surface area contributed by atoms with Crippen molar-refractivity contribution in [2.75, 3.05) is 0 Å². The van der Waals surface area contributed by atoms with Gasteiger partial charge >= 0.3 is 24.0 Å². The molecule has 0 aromatic carbocycles. The van der Waals surface area contributed by atoms with Gasteiger partial charge in [-0.1, -0.05) is 13.8 Å². The second-order valence-corrected chi connectivity index (χ2v) is 3.89. The Morgan fingerprint density at radius 2 is 1.58 bits per heavy atom. The fourth-order valence-corrected chi connectivity index (χ4v) is 1.09. The van der Waals surface area contributed by atoms with Crippen molar-refractivity contribution in [3.05, 3.63) is 12.2 Å². The Morgan fingerprint density at radius 3 is 1.89 bits per heavy atom. The molecule has 0 spiro atoms. The molecular formula is C10H11F5O4. The molecule has 0 amide bonds. The van der Waals surface area contributed by atoms with Crippen LogP contribution >= 0.6 is 0 Å². The molecule has 0 rings (SSSR count). The van der Waals surface area contributed by atoms with Gasteiger partial charge in [0.15, 0.2) is 6.10 Å². The molecule has 0 fully saturated rings. The number of carboxylic acid groups (broad SMARTS) is 1. The van der Waals surface area contributed by atoms with Gasteiger partial charge in [-0.25, -0.2) is 9.59 Å². The molecule has 0 saturated heterocycles. The summed E-state index contributed by atoms with van der Waals surface area (Å²) in [6, 6.07) is 0. The summed E-state index contributed by atoms with van der Waals surface area (Å²) < 4.78 is 66.6. The van der Waals surface area contributed by atoms with Gasteiger partial charge in [0.25, 0.3) is 0 Å². The zero-order valence-corrected chi connectivity index (χ0v) is 9.87. The predicted molar refractivity (Wildman–Crippen MR) is 52.5 cm³/mol. The van der Waals surface area contributed by atoms with E-state index in [2.05, 4.69) is 4.74 Å². The van der Waals surface area contributed by atoms with E-state index in [-0.39, 0.29) is 12.2 Å². The lowest BCUT2D eigenvalue weighted by Gasteiger charge is -2.30. The molecule has 0 heterocycles. The molecule has 0 saturated carbocycles. The van der Waals surface area contributed by atoms with Crippen LogP contribution in [0.15, 0.2) is 12.2 Å². The van der Waals surface area contributed by atoms with Crippen molar-refractivity contribution in [3.8, 4) is 0 Å². The SMILES string of the molecule is CC(C)C(OC(=O)/C=C/C(=O)O)C(F)(F)C(F)(F)F. The molecule has 0 aliphatic rings. The number of alkyl halides is 5. The van der Waals surface area contributed by atoms with Crippen molar-refractivity contribution in [2.24, 2.45) is 5.92 Å². The standard InChI is InChI=1S/C10H11F5O4/c1-5(2)8(9(11,12)10(13,14)15)19-7(18)4-3-6(16)17/h3-5,8H,1-2H3,(H,16,17)/b4-3+. The molecule has 0 aliphatic heterocycles. The van der Waals surface area contributed by atoms with E-state index in [0.717, 1.165) is 13.8 Å². The van der Waals surface area contributed by atoms with Gasteiger partial charge < -0.3 is 9.84 Å². The lowest BCUT2D eigenvalue weighted by molar-refractivity contribution is -0.319. The Hall–Kier alpha value is -1.67. The fourth-order valence-electron chi connectivity index (χ4n) is 1.09. The largest absolute Gasteiger partial charge is 0.478 e. The summed E-state index contributed by atoms with van der Waals surface area (Å²) in [4.78, 5) is 21.0. The quantitative estimate of drug-likeness (QED) is 0.480. The summed E-state index contributed by atoms with van der Waals surface area (Å²) in [5.41, 5.74) is 0. The summed E-state index contributed by atoms with van der Waals surface area (Å²) in [7, 11) is 0. The van der Waals surface area contributed by atoms with E-state index in [1.165, 1.54) is 0 Å². The Balaban J connectivity index is 5.06. The van der Waals surface area contributed by atoms with E-state index in [1.807, 2.05) is 0 Å². The van der Waals surface area contributed by atoms with Crippen LogP contribution in [0.4, 0.5) is 22.0 Å². The highest BCUT2D eigenvalue weighted by atomic mass is 19.4. The smallest absolute Gasteiger partial charge is 0.457 e. The third-order valence-electron chi connectivity index (χ3n) is 1.95. The maximum atomic E-state index is 13.1. The molecular weight excluding hydrogens is 279 g/mol. The highest BCUT2D eigenvalue weighted by Crippen LogP contribution is 2.41. The minimum Gasteiger partial charge on any atom is -0.478 e. The molecule has 19 heavy (non-hydrogen) atoms. The first-order valence-electron chi connectivity index (χ1n) is 4.95. The predicted octanol–water partition coefficient (Wildman–Crippen LogP) is 2.39. The molecule has 0 aromatic rings. The molecule has 0 aliphatic carbocycles. The molecule has 1 N–H and O–H groups in total. The number of carbonyl (C=O) groups is 2. The number of hydrogen-bond donors (Lipinski definition) is 1. The van der Waals surface area contributed by atoms with Crippen LogP contribution in [-0.2, 0) is 14.3 Å². The monoisotopic (exact) mass is 290 g/mol. The Kier molecular flexibility index (Phi) is 5.46. The minimum atomic E-state index is -5.88. The summed E-state index contributed by atoms with van der Waals surface area (Å²) >= 11 is 0.